The molecule has 6 heteroatoms. The lowest BCUT2D eigenvalue weighted by Gasteiger charge is -2.14. The van der Waals surface area contributed by atoms with Gasteiger partial charge in [-0.2, -0.15) is 0 Å². The van der Waals surface area contributed by atoms with Crippen molar-refractivity contribution in [1.29, 1.82) is 0 Å². The molecular formula is C8H17N3O3. The van der Waals surface area contributed by atoms with Crippen LogP contribution in [0.1, 0.15) is 6.92 Å². The molecule has 0 aromatic carbocycles. The average molecular weight is 203 g/mol. The summed E-state index contributed by atoms with van der Waals surface area (Å²) in [7, 11) is 1.73. The molecule has 0 aliphatic carbocycles. The number of nitrogens with two attached hydrogens (primary N) is 1. The minimum Gasteiger partial charge on any atom is -0.448 e. The summed E-state index contributed by atoms with van der Waals surface area (Å²) in [6, 6.07) is 0. The van der Waals surface area contributed by atoms with Crippen LogP contribution in [0.5, 0.6) is 0 Å². The van der Waals surface area contributed by atoms with Gasteiger partial charge in [-0.15, -0.1) is 0 Å². The van der Waals surface area contributed by atoms with Crippen molar-refractivity contribution < 1.29 is 14.3 Å². The van der Waals surface area contributed by atoms with E-state index < -0.39 is 6.09 Å². The van der Waals surface area contributed by atoms with Crippen LogP contribution < -0.4 is 11.1 Å². The van der Waals surface area contributed by atoms with Gasteiger partial charge in [0.15, 0.2) is 0 Å². The largest absolute Gasteiger partial charge is 0.448 e. The van der Waals surface area contributed by atoms with Crippen LogP contribution in [0.25, 0.3) is 0 Å². The molecule has 0 aromatic heterocycles. The molecule has 3 N–H and O–H groups in total. The number of hydrogen-bond acceptors (Lipinski definition) is 4. The van der Waals surface area contributed by atoms with E-state index in [9.17, 15) is 9.59 Å². The van der Waals surface area contributed by atoms with E-state index in [4.69, 9.17) is 5.73 Å². The molecule has 0 atom stereocenters. The van der Waals surface area contributed by atoms with Gasteiger partial charge in [-0.1, -0.05) is 0 Å². The Balaban J connectivity index is 3.36. The van der Waals surface area contributed by atoms with Gasteiger partial charge in [0.05, 0.1) is 6.54 Å². The molecule has 0 rings (SSSR count). The van der Waals surface area contributed by atoms with Crippen molar-refractivity contribution in [2.24, 2.45) is 5.73 Å². The molecule has 0 aliphatic rings. The highest BCUT2D eigenvalue weighted by Gasteiger charge is 2.04. The summed E-state index contributed by atoms with van der Waals surface area (Å²) in [6.07, 6.45) is -0.802. The van der Waals surface area contributed by atoms with E-state index in [1.807, 2.05) is 6.92 Å². The van der Waals surface area contributed by atoms with Crippen molar-refractivity contribution >= 4 is 12.0 Å². The Morgan fingerprint density at radius 3 is 2.64 bits per heavy atom. The molecule has 0 saturated carbocycles. The molecule has 0 bridgehead atoms. The first-order valence-electron chi connectivity index (χ1n) is 4.44. The molecule has 0 saturated heterocycles. The smallest absolute Gasteiger partial charge is 0.404 e. The van der Waals surface area contributed by atoms with Crippen molar-refractivity contribution in [1.82, 2.24) is 10.2 Å². The van der Waals surface area contributed by atoms with Crippen LogP contribution in [0.3, 0.4) is 0 Å². The number of primary amides is 1. The molecule has 0 aromatic rings. The Morgan fingerprint density at radius 1 is 1.50 bits per heavy atom. The Hall–Kier alpha value is -1.30. The Bertz CT molecular complexity index is 196. The molecule has 6 nitrogen and oxygen atoms in total. The quantitative estimate of drug-likeness (QED) is 0.551. The van der Waals surface area contributed by atoms with E-state index in [0.717, 1.165) is 0 Å². The molecule has 2 amide bonds. The average Bonchev–Trinajstić information content (AvgIpc) is 2.15. The van der Waals surface area contributed by atoms with Gasteiger partial charge in [-0.05, 0) is 6.92 Å². The highest BCUT2D eigenvalue weighted by atomic mass is 16.5. The third-order valence-electron chi connectivity index (χ3n) is 1.70. The maximum atomic E-state index is 11.2. The number of hydrogen-bond donors (Lipinski definition) is 2. The number of likely N-dealkylation sites (N-methyl/N-ethyl adjacent to an activating group) is 1. The fourth-order valence-corrected chi connectivity index (χ4v) is 0.730. The van der Waals surface area contributed by atoms with Gasteiger partial charge < -0.3 is 20.7 Å². The van der Waals surface area contributed by atoms with Crippen LogP contribution in [0.4, 0.5) is 4.79 Å². The van der Waals surface area contributed by atoms with E-state index in [1.165, 1.54) is 0 Å². The number of amides is 2. The van der Waals surface area contributed by atoms with Crippen molar-refractivity contribution in [3.63, 3.8) is 0 Å². The number of carbonyl (C=O) groups excluding carboxylic acids is 2. The zero-order valence-corrected chi connectivity index (χ0v) is 8.58. The van der Waals surface area contributed by atoms with Crippen LogP contribution in [-0.4, -0.2) is 50.2 Å². The maximum absolute atomic E-state index is 11.2. The zero-order chi connectivity index (χ0) is 11.0. The summed E-state index contributed by atoms with van der Waals surface area (Å²) in [5.41, 5.74) is 4.74. The summed E-state index contributed by atoms with van der Waals surface area (Å²) < 4.78 is 4.46. The minimum atomic E-state index is -0.802. The van der Waals surface area contributed by atoms with Gasteiger partial charge >= 0.3 is 6.09 Å². The Kier molecular flexibility index (Phi) is 6.47. The van der Waals surface area contributed by atoms with Gasteiger partial charge in [-0.3, -0.25) is 4.79 Å². The van der Waals surface area contributed by atoms with Crippen molar-refractivity contribution in [2.45, 2.75) is 6.92 Å². The molecule has 14 heavy (non-hydrogen) atoms. The van der Waals surface area contributed by atoms with E-state index in [1.54, 1.807) is 11.9 Å². The fourth-order valence-electron chi connectivity index (χ4n) is 0.730. The summed E-state index contributed by atoms with van der Waals surface area (Å²) in [6.45, 7) is 3.42. The predicted molar refractivity (Wildman–Crippen MR) is 51.7 cm³/mol. The lowest BCUT2D eigenvalue weighted by Crippen LogP contribution is -2.36. The summed E-state index contributed by atoms with van der Waals surface area (Å²) in [5, 5.41) is 2.83. The maximum Gasteiger partial charge on any atom is 0.404 e. The standard InChI is InChI=1S/C8H17N3O3/c1-3-11(2)7(12)6-10-4-5-14-8(9)13/h10H,3-6H2,1-2H3,(H2,9,13). The summed E-state index contributed by atoms with van der Waals surface area (Å²) in [5.74, 6) is 0.00609. The predicted octanol–water partition coefficient (Wildman–Crippen LogP) is -0.850. The molecule has 0 fully saturated rings. The second kappa shape index (κ2) is 7.14. The van der Waals surface area contributed by atoms with Gasteiger partial charge in [0.1, 0.15) is 6.61 Å². The van der Waals surface area contributed by atoms with Crippen LogP contribution in [-0.2, 0) is 9.53 Å². The number of carbonyl (C=O) groups is 2. The third-order valence-corrected chi connectivity index (χ3v) is 1.70. The normalized spacial score (nSPS) is 9.57. The van der Waals surface area contributed by atoms with E-state index in [2.05, 4.69) is 10.1 Å². The molecule has 0 radical (unpaired) electrons. The second-order valence-electron chi connectivity index (χ2n) is 2.75. The van der Waals surface area contributed by atoms with E-state index >= 15 is 0 Å². The topological polar surface area (TPSA) is 84.7 Å². The first-order chi connectivity index (χ1) is 6.57. The SMILES string of the molecule is CCN(C)C(=O)CNCCOC(N)=O. The monoisotopic (exact) mass is 203 g/mol. The first-order valence-corrected chi connectivity index (χ1v) is 4.44. The summed E-state index contributed by atoms with van der Waals surface area (Å²) >= 11 is 0. The van der Waals surface area contributed by atoms with Crippen LogP contribution >= 0.6 is 0 Å². The third kappa shape index (κ3) is 6.24. The summed E-state index contributed by atoms with van der Waals surface area (Å²) in [4.78, 5) is 22.9. The number of rotatable bonds is 6. The second-order valence-corrected chi connectivity index (χ2v) is 2.75. The molecule has 0 spiro atoms. The number of nitrogens with zero attached hydrogens (tertiary/aromatic N) is 1. The Labute approximate surface area is 83.4 Å². The lowest BCUT2D eigenvalue weighted by molar-refractivity contribution is -0.128. The van der Waals surface area contributed by atoms with Gasteiger partial charge in [0.25, 0.3) is 0 Å². The highest BCUT2D eigenvalue weighted by Crippen LogP contribution is 1.81. The molecule has 0 aliphatic heterocycles. The Morgan fingerprint density at radius 2 is 2.14 bits per heavy atom. The van der Waals surface area contributed by atoms with E-state index in [0.29, 0.717) is 13.1 Å². The molecule has 82 valence electrons. The van der Waals surface area contributed by atoms with Crippen LogP contribution in [0, 0.1) is 0 Å². The van der Waals surface area contributed by atoms with Gasteiger partial charge in [0, 0.05) is 20.1 Å². The highest BCUT2D eigenvalue weighted by molar-refractivity contribution is 5.77. The lowest BCUT2D eigenvalue weighted by atomic mass is 10.5. The van der Waals surface area contributed by atoms with Gasteiger partial charge in [0.2, 0.25) is 5.91 Å². The molecule has 0 heterocycles. The zero-order valence-electron chi connectivity index (χ0n) is 8.58. The molecular weight excluding hydrogens is 186 g/mol. The van der Waals surface area contributed by atoms with E-state index in [-0.39, 0.29) is 19.1 Å². The van der Waals surface area contributed by atoms with Crippen molar-refractivity contribution in [2.75, 3.05) is 33.3 Å². The van der Waals surface area contributed by atoms with Gasteiger partial charge in [-0.25, -0.2) is 4.79 Å². The number of nitrogens with one attached hydrogen (secondary N) is 1. The minimum absolute atomic E-state index is 0.00609. The van der Waals surface area contributed by atoms with Crippen LogP contribution in [0.15, 0.2) is 0 Å². The van der Waals surface area contributed by atoms with Crippen molar-refractivity contribution in [3.05, 3.63) is 0 Å². The first kappa shape index (κ1) is 12.7. The number of ether oxygens (including phenoxy) is 1. The fraction of sp³-hybridized carbons (Fsp3) is 0.750. The van der Waals surface area contributed by atoms with Crippen LogP contribution in [0.2, 0.25) is 0 Å². The molecule has 0 unspecified atom stereocenters. The van der Waals surface area contributed by atoms with Crippen molar-refractivity contribution in [3.8, 4) is 0 Å².